The van der Waals surface area contributed by atoms with Crippen molar-refractivity contribution in [2.24, 2.45) is 0 Å². The molecule has 0 radical (unpaired) electrons. The van der Waals surface area contributed by atoms with Crippen molar-refractivity contribution >= 4 is 34.8 Å². The molecular weight excluding hydrogens is 307 g/mol. The Balaban J connectivity index is 2.12. The molecule has 0 aliphatic rings. The lowest BCUT2D eigenvalue weighted by Gasteiger charge is -2.10. The number of aryl methyl sites for hydroxylation is 1. The van der Waals surface area contributed by atoms with Crippen LogP contribution in [0.1, 0.15) is 28.4 Å². The van der Waals surface area contributed by atoms with E-state index in [0.29, 0.717) is 12.1 Å². The molecule has 21 heavy (non-hydrogen) atoms. The highest BCUT2D eigenvalue weighted by Gasteiger charge is 2.11. The molecule has 2 aromatic rings. The number of amides is 1. The van der Waals surface area contributed by atoms with Gasteiger partial charge in [0, 0.05) is 12.1 Å². The molecule has 5 heteroatoms. The number of halogens is 2. The zero-order valence-electron chi connectivity index (χ0n) is 11.6. The lowest BCUT2D eigenvalue weighted by molar-refractivity contribution is 0.0951. The Kier molecular flexibility index (Phi) is 5.10. The number of carbonyl (C=O) groups is 1. The summed E-state index contributed by atoms with van der Waals surface area (Å²) < 4.78 is 0. The second-order valence-corrected chi connectivity index (χ2v) is 5.47. The van der Waals surface area contributed by atoms with Crippen molar-refractivity contribution in [1.29, 1.82) is 0 Å². The normalized spacial score (nSPS) is 10.4. The first-order valence-electron chi connectivity index (χ1n) is 6.62. The van der Waals surface area contributed by atoms with Gasteiger partial charge >= 0.3 is 0 Å². The molecule has 0 spiro atoms. The number of carbonyl (C=O) groups excluding carboxylic acids is 1. The molecule has 0 saturated heterocycles. The number of hydrogen-bond donors (Lipinski definition) is 2. The molecule has 0 aliphatic heterocycles. The van der Waals surface area contributed by atoms with E-state index in [1.54, 1.807) is 0 Å². The average Bonchev–Trinajstić information content (AvgIpc) is 2.49. The van der Waals surface area contributed by atoms with Gasteiger partial charge in [0.25, 0.3) is 5.91 Å². The minimum Gasteiger partial charge on any atom is -0.396 e. The van der Waals surface area contributed by atoms with Crippen LogP contribution in [0, 0.1) is 0 Å². The largest absolute Gasteiger partial charge is 0.396 e. The Hall–Kier alpha value is -1.71. The highest BCUT2D eigenvalue weighted by molar-refractivity contribution is 6.39. The highest BCUT2D eigenvalue weighted by atomic mass is 35.5. The van der Waals surface area contributed by atoms with E-state index in [2.05, 4.69) is 18.3 Å². The van der Waals surface area contributed by atoms with Gasteiger partial charge in [0.1, 0.15) is 0 Å². The summed E-state index contributed by atoms with van der Waals surface area (Å²) in [6.07, 6.45) is 0.922. The van der Waals surface area contributed by atoms with Crippen molar-refractivity contribution < 1.29 is 4.79 Å². The van der Waals surface area contributed by atoms with Gasteiger partial charge in [-0.05, 0) is 29.7 Å². The fraction of sp³-hybridized carbons (Fsp3) is 0.188. The molecule has 110 valence electrons. The minimum atomic E-state index is -0.232. The molecule has 0 aromatic heterocycles. The van der Waals surface area contributed by atoms with Crippen LogP contribution in [0.2, 0.25) is 10.0 Å². The standard InChI is InChI=1S/C16H16Cl2N2O/c1-2-10-5-3-4-6-11(10)9-20-16(21)12-7-13(17)15(19)14(18)8-12/h3-8H,2,9,19H2,1H3,(H,20,21). The molecule has 0 aliphatic carbocycles. The Bertz CT molecular complexity index is 648. The Morgan fingerprint density at radius 3 is 2.29 bits per heavy atom. The monoisotopic (exact) mass is 322 g/mol. The topological polar surface area (TPSA) is 55.1 Å². The molecule has 1 amide bonds. The third-order valence-electron chi connectivity index (χ3n) is 3.28. The number of hydrogen-bond acceptors (Lipinski definition) is 2. The first kappa shape index (κ1) is 15.7. The summed E-state index contributed by atoms with van der Waals surface area (Å²) in [6, 6.07) is 11.0. The molecule has 0 saturated carbocycles. The lowest BCUT2D eigenvalue weighted by atomic mass is 10.1. The van der Waals surface area contributed by atoms with Crippen LogP contribution in [0.25, 0.3) is 0 Å². The summed E-state index contributed by atoms with van der Waals surface area (Å²) in [6.45, 7) is 2.54. The van der Waals surface area contributed by atoms with Gasteiger partial charge in [0.2, 0.25) is 0 Å². The molecule has 0 unspecified atom stereocenters. The number of nitrogen functional groups attached to an aromatic ring is 1. The van der Waals surface area contributed by atoms with E-state index in [4.69, 9.17) is 28.9 Å². The van der Waals surface area contributed by atoms with E-state index in [-0.39, 0.29) is 21.6 Å². The van der Waals surface area contributed by atoms with Gasteiger partial charge in [-0.25, -0.2) is 0 Å². The average molecular weight is 323 g/mol. The van der Waals surface area contributed by atoms with E-state index >= 15 is 0 Å². The SMILES string of the molecule is CCc1ccccc1CNC(=O)c1cc(Cl)c(N)c(Cl)c1. The first-order valence-corrected chi connectivity index (χ1v) is 7.38. The predicted molar refractivity (Wildman–Crippen MR) is 87.9 cm³/mol. The third kappa shape index (κ3) is 3.69. The van der Waals surface area contributed by atoms with E-state index in [1.165, 1.54) is 17.7 Å². The maximum Gasteiger partial charge on any atom is 0.251 e. The maximum atomic E-state index is 12.2. The van der Waals surface area contributed by atoms with Crippen molar-refractivity contribution in [1.82, 2.24) is 5.32 Å². The van der Waals surface area contributed by atoms with Crippen molar-refractivity contribution in [2.75, 3.05) is 5.73 Å². The van der Waals surface area contributed by atoms with Crippen molar-refractivity contribution in [3.05, 3.63) is 63.1 Å². The Labute approximate surface area is 134 Å². The van der Waals surface area contributed by atoms with Crippen LogP contribution in [0.15, 0.2) is 36.4 Å². The molecule has 3 N–H and O–H groups in total. The summed E-state index contributed by atoms with van der Waals surface area (Å²) >= 11 is 11.9. The zero-order valence-corrected chi connectivity index (χ0v) is 13.1. The summed E-state index contributed by atoms with van der Waals surface area (Å²) in [5, 5.41) is 3.43. The van der Waals surface area contributed by atoms with E-state index in [9.17, 15) is 4.79 Å². The van der Waals surface area contributed by atoms with Crippen LogP contribution in [0.4, 0.5) is 5.69 Å². The van der Waals surface area contributed by atoms with Gasteiger partial charge in [0.15, 0.2) is 0 Å². The summed E-state index contributed by atoms with van der Waals surface area (Å²) in [7, 11) is 0. The van der Waals surface area contributed by atoms with Crippen molar-refractivity contribution in [3.8, 4) is 0 Å². The van der Waals surface area contributed by atoms with Crippen molar-refractivity contribution in [2.45, 2.75) is 19.9 Å². The van der Waals surface area contributed by atoms with Gasteiger partial charge in [-0.3, -0.25) is 4.79 Å². The van der Waals surface area contributed by atoms with E-state index < -0.39 is 0 Å². The summed E-state index contributed by atoms with van der Waals surface area (Å²) in [5.41, 5.74) is 8.65. The number of anilines is 1. The van der Waals surface area contributed by atoms with Crippen molar-refractivity contribution in [3.63, 3.8) is 0 Å². The maximum absolute atomic E-state index is 12.2. The lowest BCUT2D eigenvalue weighted by Crippen LogP contribution is -2.23. The molecule has 0 fully saturated rings. The molecule has 0 atom stereocenters. The van der Waals surface area contributed by atoms with Crippen LogP contribution in [0.5, 0.6) is 0 Å². The van der Waals surface area contributed by atoms with Gasteiger partial charge in [-0.2, -0.15) is 0 Å². The van der Waals surface area contributed by atoms with Crippen LogP contribution >= 0.6 is 23.2 Å². The number of rotatable bonds is 4. The fourth-order valence-electron chi connectivity index (χ4n) is 2.07. The van der Waals surface area contributed by atoms with Gasteiger partial charge < -0.3 is 11.1 Å². The molecule has 0 bridgehead atoms. The zero-order chi connectivity index (χ0) is 15.4. The predicted octanol–water partition coefficient (Wildman–Crippen LogP) is 4.07. The summed E-state index contributed by atoms with van der Waals surface area (Å²) in [5.74, 6) is -0.232. The van der Waals surface area contributed by atoms with Gasteiger partial charge in [-0.1, -0.05) is 54.4 Å². The summed E-state index contributed by atoms with van der Waals surface area (Å²) in [4.78, 5) is 12.2. The Morgan fingerprint density at radius 1 is 1.14 bits per heavy atom. The molecule has 2 aromatic carbocycles. The van der Waals surface area contributed by atoms with Crippen LogP contribution in [0.3, 0.4) is 0 Å². The second-order valence-electron chi connectivity index (χ2n) is 4.66. The number of nitrogens with two attached hydrogens (primary N) is 1. The van der Waals surface area contributed by atoms with Gasteiger partial charge in [0.05, 0.1) is 15.7 Å². The van der Waals surface area contributed by atoms with E-state index in [1.807, 2.05) is 18.2 Å². The first-order chi connectivity index (χ1) is 10.0. The molecule has 3 nitrogen and oxygen atoms in total. The quantitative estimate of drug-likeness (QED) is 0.834. The number of nitrogens with one attached hydrogen (secondary N) is 1. The molecular formula is C16H16Cl2N2O. The van der Waals surface area contributed by atoms with Crippen LogP contribution in [-0.2, 0) is 13.0 Å². The number of benzene rings is 2. The van der Waals surface area contributed by atoms with E-state index in [0.717, 1.165) is 12.0 Å². The van der Waals surface area contributed by atoms with Gasteiger partial charge in [-0.15, -0.1) is 0 Å². The van der Waals surface area contributed by atoms with Crippen LogP contribution in [-0.4, -0.2) is 5.91 Å². The highest BCUT2D eigenvalue weighted by Crippen LogP contribution is 2.28. The fourth-order valence-corrected chi connectivity index (χ4v) is 2.55. The smallest absolute Gasteiger partial charge is 0.251 e. The van der Waals surface area contributed by atoms with Crippen LogP contribution < -0.4 is 11.1 Å². The minimum absolute atomic E-state index is 0.232. The molecule has 2 rings (SSSR count). The third-order valence-corrected chi connectivity index (χ3v) is 3.91. The molecule has 0 heterocycles. The second kappa shape index (κ2) is 6.83. The Morgan fingerprint density at radius 2 is 1.71 bits per heavy atom.